The largest absolute Gasteiger partial charge is 0.339 e. The van der Waals surface area contributed by atoms with Crippen LogP contribution in [-0.2, 0) is 0 Å². The molecule has 2 heterocycles. The molecule has 0 unspecified atom stereocenters. The van der Waals surface area contributed by atoms with Crippen LogP contribution in [0, 0.1) is 0 Å². The molecular weight excluding hydrogens is 252 g/mol. The maximum absolute atomic E-state index is 12.5. The lowest BCUT2D eigenvalue weighted by atomic mass is 10.2. The van der Waals surface area contributed by atoms with Gasteiger partial charge in [0.15, 0.2) is 5.82 Å². The quantitative estimate of drug-likeness (QED) is 0.907. The summed E-state index contributed by atoms with van der Waals surface area (Å²) < 4.78 is 25.1. The minimum Gasteiger partial charge on any atom is -0.339 e. The second-order valence-corrected chi connectivity index (χ2v) is 4.65. The van der Waals surface area contributed by atoms with Crippen LogP contribution in [-0.4, -0.2) is 33.9 Å². The molecule has 1 aromatic heterocycles. The highest BCUT2D eigenvalue weighted by Gasteiger charge is 2.20. The minimum atomic E-state index is -2.63. The van der Waals surface area contributed by atoms with E-state index in [1.54, 1.807) is 23.1 Å². The van der Waals surface area contributed by atoms with Crippen molar-refractivity contribution in [1.29, 1.82) is 0 Å². The lowest BCUT2D eigenvalue weighted by molar-refractivity contribution is 0.0793. The molecule has 6 heteroatoms. The number of benzene rings is 1. The van der Waals surface area contributed by atoms with Crippen molar-refractivity contribution in [1.82, 2.24) is 14.9 Å². The summed E-state index contributed by atoms with van der Waals surface area (Å²) >= 11 is 0. The van der Waals surface area contributed by atoms with E-state index in [2.05, 4.69) is 9.97 Å². The fourth-order valence-electron chi connectivity index (χ4n) is 2.37. The molecule has 4 nitrogen and oxygen atoms in total. The van der Waals surface area contributed by atoms with Gasteiger partial charge in [-0.2, -0.15) is 0 Å². The Morgan fingerprint density at radius 2 is 2.05 bits per heavy atom. The fourth-order valence-corrected chi connectivity index (χ4v) is 2.37. The number of alkyl halides is 2. The van der Waals surface area contributed by atoms with Gasteiger partial charge in [-0.25, -0.2) is 13.8 Å². The van der Waals surface area contributed by atoms with E-state index in [9.17, 15) is 13.6 Å². The summed E-state index contributed by atoms with van der Waals surface area (Å²) in [5.74, 6) is -0.409. The first-order chi connectivity index (χ1) is 9.15. The van der Waals surface area contributed by atoms with Gasteiger partial charge in [-0.05, 0) is 31.0 Å². The first kappa shape index (κ1) is 12.1. The van der Waals surface area contributed by atoms with Crippen LogP contribution in [0.1, 0.15) is 35.4 Å². The lowest BCUT2D eigenvalue weighted by Gasteiger charge is -2.14. The third kappa shape index (κ3) is 2.18. The Bertz CT molecular complexity index is 617. The molecule has 19 heavy (non-hydrogen) atoms. The number of H-pyrrole nitrogens is 1. The second-order valence-electron chi connectivity index (χ2n) is 4.65. The molecule has 0 aliphatic carbocycles. The van der Waals surface area contributed by atoms with Crippen molar-refractivity contribution in [2.24, 2.45) is 0 Å². The molecule has 1 amide bonds. The number of halogens is 2. The van der Waals surface area contributed by atoms with Crippen LogP contribution in [0.25, 0.3) is 11.0 Å². The zero-order valence-corrected chi connectivity index (χ0v) is 10.2. The van der Waals surface area contributed by atoms with Gasteiger partial charge < -0.3 is 9.88 Å². The molecular formula is C13H13F2N3O. The Balaban J connectivity index is 1.94. The molecule has 1 saturated heterocycles. The zero-order valence-electron chi connectivity index (χ0n) is 10.2. The van der Waals surface area contributed by atoms with Crippen molar-refractivity contribution in [3.05, 3.63) is 29.6 Å². The molecule has 1 aliphatic rings. The van der Waals surface area contributed by atoms with Gasteiger partial charge in [0.1, 0.15) is 0 Å². The summed E-state index contributed by atoms with van der Waals surface area (Å²) in [6.45, 7) is 1.53. The molecule has 1 N–H and O–H groups in total. The Morgan fingerprint density at radius 1 is 1.32 bits per heavy atom. The predicted molar refractivity (Wildman–Crippen MR) is 66.2 cm³/mol. The van der Waals surface area contributed by atoms with E-state index < -0.39 is 6.43 Å². The summed E-state index contributed by atoms with van der Waals surface area (Å²) in [6.07, 6.45) is -0.591. The van der Waals surface area contributed by atoms with E-state index >= 15 is 0 Å². The first-order valence-corrected chi connectivity index (χ1v) is 6.22. The molecule has 0 bridgehead atoms. The second kappa shape index (κ2) is 4.60. The Hall–Kier alpha value is -1.98. The van der Waals surface area contributed by atoms with E-state index in [0.29, 0.717) is 16.6 Å². The van der Waals surface area contributed by atoms with Gasteiger partial charge in [-0.15, -0.1) is 0 Å². The number of nitrogens with zero attached hydrogens (tertiary/aromatic N) is 2. The number of likely N-dealkylation sites (tertiary alicyclic amines) is 1. The number of aromatic amines is 1. The Labute approximate surface area is 108 Å². The number of aromatic nitrogens is 2. The maximum atomic E-state index is 12.5. The molecule has 0 saturated carbocycles. The molecule has 1 fully saturated rings. The van der Waals surface area contributed by atoms with E-state index in [0.717, 1.165) is 25.9 Å². The van der Waals surface area contributed by atoms with Gasteiger partial charge >= 0.3 is 0 Å². The van der Waals surface area contributed by atoms with E-state index in [1.165, 1.54) is 0 Å². The lowest BCUT2D eigenvalue weighted by Crippen LogP contribution is -2.27. The van der Waals surface area contributed by atoms with Crippen molar-refractivity contribution in [2.75, 3.05) is 13.1 Å². The van der Waals surface area contributed by atoms with Crippen LogP contribution in [0.3, 0.4) is 0 Å². The number of carbonyl (C=O) groups excluding carboxylic acids is 1. The number of carbonyl (C=O) groups is 1. The van der Waals surface area contributed by atoms with Crippen LogP contribution in [0.2, 0.25) is 0 Å². The number of rotatable bonds is 2. The third-order valence-corrected chi connectivity index (χ3v) is 3.35. The third-order valence-electron chi connectivity index (χ3n) is 3.35. The highest BCUT2D eigenvalue weighted by atomic mass is 19.3. The molecule has 0 atom stereocenters. The number of hydrogen-bond donors (Lipinski definition) is 1. The molecule has 100 valence electrons. The van der Waals surface area contributed by atoms with Gasteiger partial charge in [-0.1, -0.05) is 0 Å². The maximum Gasteiger partial charge on any atom is 0.295 e. The van der Waals surface area contributed by atoms with E-state index in [-0.39, 0.29) is 11.7 Å². The van der Waals surface area contributed by atoms with Gasteiger partial charge in [0.05, 0.1) is 11.0 Å². The molecule has 1 aliphatic heterocycles. The van der Waals surface area contributed by atoms with Crippen LogP contribution in [0.15, 0.2) is 18.2 Å². The normalized spacial score (nSPS) is 15.6. The molecule has 1 aromatic carbocycles. The summed E-state index contributed by atoms with van der Waals surface area (Å²) in [5.41, 5.74) is 1.44. The summed E-state index contributed by atoms with van der Waals surface area (Å²) in [6, 6.07) is 4.83. The van der Waals surface area contributed by atoms with Crippen molar-refractivity contribution < 1.29 is 13.6 Å². The van der Waals surface area contributed by atoms with Gasteiger partial charge in [0, 0.05) is 18.7 Å². The molecule has 2 aromatic rings. The average Bonchev–Trinajstić information content (AvgIpc) is 3.06. The van der Waals surface area contributed by atoms with Crippen molar-refractivity contribution in [3.63, 3.8) is 0 Å². The highest BCUT2D eigenvalue weighted by molar-refractivity contribution is 5.97. The average molecular weight is 265 g/mol. The van der Waals surface area contributed by atoms with Gasteiger partial charge in [0.25, 0.3) is 12.3 Å². The first-order valence-electron chi connectivity index (χ1n) is 6.22. The minimum absolute atomic E-state index is 0.0485. The molecule has 0 radical (unpaired) electrons. The van der Waals surface area contributed by atoms with E-state index in [4.69, 9.17) is 0 Å². The van der Waals surface area contributed by atoms with E-state index in [1.807, 2.05) is 0 Å². The van der Waals surface area contributed by atoms with Crippen molar-refractivity contribution in [3.8, 4) is 0 Å². The standard InChI is InChI=1S/C13H13F2N3O/c14-11(15)12-16-9-4-3-8(7-10(9)17-12)13(19)18-5-1-2-6-18/h3-4,7,11H,1-2,5-6H2,(H,16,17). The van der Waals surface area contributed by atoms with Crippen LogP contribution in [0.4, 0.5) is 8.78 Å². The Kier molecular flexibility index (Phi) is 2.93. The summed E-state index contributed by atoms with van der Waals surface area (Å²) in [7, 11) is 0. The predicted octanol–water partition coefficient (Wildman–Crippen LogP) is 2.74. The van der Waals surface area contributed by atoms with Crippen LogP contribution >= 0.6 is 0 Å². The SMILES string of the molecule is O=C(c1ccc2nc(C(F)F)[nH]c2c1)N1CCCC1. The van der Waals surface area contributed by atoms with Crippen molar-refractivity contribution in [2.45, 2.75) is 19.3 Å². The zero-order chi connectivity index (χ0) is 13.4. The number of hydrogen-bond acceptors (Lipinski definition) is 2. The Morgan fingerprint density at radius 3 is 2.74 bits per heavy atom. The highest BCUT2D eigenvalue weighted by Crippen LogP contribution is 2.21. The molecule has 0 spiro atoms. The topological polar surface area (TPSA) is 49.0 Å². The number of imidazole rings is 1. The van der Waals surface area contributed by atoms with Crippen LogP contribution in [0.5, 0.6) is 0 Å². The van der Waals surface area contributed by atoms with Crippen LogP contribution < -0.4 is 0 Å². The van der Waals surface area contributed by atoms with Gasteiger partial charge in [-0.3, -0.25) is 4.79 Å². The monoisotopic (exact) mass is 265 g/mol. The number of amides is 1. The van der Waals surface area contributed by atoms with Gasteiger partial charge in [0.2, 0.25) is 0 Å². The number of nitrogens with one attached hydrogen (secondary N) is 1. The number of fused-ring (bicyclic) bond motifs is 1. The van der Waals surface area contributed by atoms with Crippen molar-refractivity contribution >= 4 is 16.9 Å². The smallest absolute Gasteiger partial charge is 0.295 e. The summed E-state index contributed by atoms with van der Waals surface area (Å²) in [4.78, 5) is 20.3. The fraction of sp³-hybridized carbons (Fsp3) is 0.385. The molecule has 3 rings (SSSR count). The summed E-state index contributed by atoms with van der Waals surface area (Å²) in [5, 5.41) is 0.